The van der Waals surface area contributed by atoms with Gasteiger partial charge in [-0.05, 0) is 99.6 Å². The molecular weight excluding hydrogens is 564 g/mol. The lowest BCUT2D eigenvalue weighted by Gasteiger charge is -2.36. The Labute approximate surface area is 267 Å². The van der Waals surface area contributed by atoms with E-state index in [-0.39, 0.29) is 29.4 Å². The molecule has 0 spiro atoms. The van der Waals surface area contributed by atoms with E-state index in [1.807, 2.05) is 52.0 Å². The molecule has 9 nitrogen and oxygen atoms in total. The van der Waals surface area contributed by atoms with E-state index in [1.54, 1.807) is 35.3 Å². The number of nitrogens with zero attached hydrogens (tertiary/aromatic N) is 2. The van der Waals surface area contributed by atoms with E-state index in [4.69, 9.17) is 15.6 Å². The van der Waals surface area contributed by atoms with Crippen molar-refractivity contribution in [3.8, 4) is 11.5 Å². The number of benzene rings is 2. The quantitative estimate of drug-likeness (QED) is 0.216. The highest BCUT2D eigenvalue weighted by Gasteiger charge is 2.35. The summed E-state index contributed by atoms with van der Waals surface area (Å²) in [6.07, 6.45) is 10.5. The molecule has 45 heavy (non-hydrogen) atoms. The minimum atomic E-state index is -0.326. The Kier molecular flexibility index (Phi) is 10.1. The van der Waals surface area contributed by atoms with Gasteiger partial charge in [-0.2, -0.15) is 0 Å². The zero-order valence-electron chi connectivity index (χ0n) is 27.1. The molecule has 0 radical (unpaired) electrons. The fourth-order valence-corrected chi connectivity index (χ4v) is 6.45. The minimum Gasteiger partial charge on any atom is -0.457 e. The average molecular weight is 613 g/mol. The van der Waals surface area contributed by atoms with Gasteiger partial charge in [-0.1, -0.05) is 32.8 Å². The molecule has 2 aromatic rings. The van der Waals surface area contributed by atoms with E-state index in [9.17, 15) is 9.59 Å². The third-order valence-electron chi connectivity index (χ3n) is 9.16. The van der Waals surface area contributed by atoms with Crippen LogP contribution in [0.15, 0.2) is 54.6 Å². The van der Waals surface area contributed by atoms with Crippen LogP contribution in [0.5, 0.6) is 11.5 Å². The monoisotopic (exact) mass is 612 g/mol. The summed E-state index contributed by atoms with van der Waals surface area (Å²) in [4.78, 5) is 30.4. The van der Waals surface area contributed by atoms with Crippen LogP contribution in [0.4, 0.5) is 4.79 Å². The second-order valence-electron chi connectivity index (χ2n) is 13.7. The standard InChI is InChI=1S/C36H48N6O3/c1-24(2)31(37)15-16-32(38)25-11-13-30(14-12-25)45-33-21-26(9-10-27(33)22-42-23-36(3,4)40-35(42)44)34(43)39-28-17-19-41(20-18-28)29-7-5-6-8-29/h9-16,21,24,28-29,37-38H,5-8,17-20,22-23H2,1-4H3,(H,39,43)(H,40,44)/b16-15-,37-31?,38-32?. The highest BCUT2D eigenvalue weighted by molar-refractivity contribution is 6.10. The molecule has 0 unspecified atom stereocenters. The summed E-state index contributed by atoms with van der Waals surface area (Å²) in [6.45, 7) is 10.9. The van der Waals surface area contributed by atoms with Crippen molar-refractivity contribution in [3.63, 3.8) is 0 Å². The predicted octanol–water partition coefficient (Wildman–Crippen LogP) is 6.52. The molecule has 2 aliphatic heterocycles. The van der Waals surface area contributed by atoms with Crippen LogP contribution >= 0.6 is 0 Å². The molecule has 3 aliphatic rings. The van der Waals surface area contributed by atoms with Gasteiger partial charge in [0.05, 0.1) is 17.8 Å². The zero-order chi connectivity index (χ0) is 32.1. The van der Waals surface area contributed by atoms with Crippen LogP contribution in [-0.2, 0) is 6.54 Å². The van der Waals surface area contributed by atoms with E-state index in [0.717, 1.165) is 31.5 Å². The first-order valence-electron chi connectivity index (χ1n) is 16.4. The van der Waals surface area contributed by atoms with E-state index < -0.39 is 0 Å². The van der Waals surface area contributed by atoms with E-state index in [0.29, 0.717) is 53.2 Å². The maximum atomic E-state index is 13.4. The second-order valence-corrected chi connectivity index (χ2v) is 13.7. The van der Waals surface area contributed by atoms with Gasteiger partial charge in [-0.15, -0.1) is 0 Å². The van der Waals surface area contributed by atoms with Gasteiger partial charge in [0.2, 0.25) is 0 Å². The molecule has 1 aliphatic carbocycles. The molecule has 5 rings (SSSR count). The van der Waals surface area contributed by atoms with Gasteiger partial charge in [0.15, 0.2) is 0 Å². The second kappa shape index (κ2) is 14.0. The largest absolute Gasteiger partial charge is 0.457 e. The fourth-order valence-electron chi connectivity index (χ4n) is 6.45. The summed E-state index contributed by atoms with van der Waals surface area (Å²) in [5.41, 5.74) is 2.49. The third-order valence-corrected chi connectivity index (χ3v) is 9.16. The van der Waals surface area contributed by atoms with Crippen molar-refractivity contribution in [2.24, 2.45) is 5.92 Å². The molecule has 240 valence electrons. The van der Waals surface area contributed by atoms with Crippen LogP contribution in [0, 0.1) is 16.7 Å². The molecule has 0 bridgehead atoms. The van der Waals surface area contributed by atoms with Crippen molar-refractivity contribution in [2.75, 3.05) is 19.6 Å². The Bertz CT molecular complexity index is 1430. The van der Waals surface area contributed by atoms with Gasteiger partial charge < -0.3 is 36.0 Å². The van der Waals surface area contributed by atoms with Crippen LogP contribution in [0.1, 0.15) is 87.7 Å². The highest BCUT2D eigenvalue weighted by atomic mass is 16.5. The highest BCUT2D eigenvalue weighted by Crippen LogP contribution is 2.30. The van der Waals surface area contributed by atoms with Crippen LogP contribution in [0.25, 0.3) is 0 Å². The van der Waals surface area contributed by atoms with Crippen LogP contribution in [0.3, 0.4) is 0 Å². The van der Waals surface area contributed by atoms with E-state index >= 15 is 0 Å². The third kappa shape index (κ3) is 8.39. The molecule has 2 aromatic carbocycles. The molecule has 3 amide bonds. The van der Waals surface area contributed by atoms with Crippen molar-refractivity contribution in [2.45, 2.75) is 90.4 Å². The summed E-state index contributed by atoms with van der Waals surface area (Å²) in [5, 5.41) is 22.6. The number of carbonyl (C=O) groups excluding carboxylic acids is 2. The first kappa shape index (κ1) is 32.4. The topological polar surface area (TPSA) is 122 Å². The summed E-state index contributed by atoms with van der Waals surface area (Å²) < 4.78 is 6.36. The summed E-state index contributed by atoms with van der Waals surface area (Å²) in [7, 11) is 0. The van der Waals surface area contributed by atoms with Crippen molar-refractivity contribution >= 4 is 23.4 Å². The molecule has 1 saturated carbocycles. The smallest absolute Gasteiger partial charge is 0.318 e. The number of allylic oxidation sites excluding steroid dienone is 2. The van der Waals surface area contributed by atoms with Crippen molar-refractivity contribution in [3.05, 3.63) is 71.3 Å². The van der Waals surface area contributed by atoms with Gasteiger partial charge in [-0.3, -0.25) is 4.79 Å². The number of ether oxygens (including phenoxy) is 1. The lowest BCUT2D eigenvalue weighted by Crippen LogP contribution is -2.47. The normalized spacial score (nSPS) is 19.3. The molecular formula is C36H48N6O3. The molecule has 0 aromatic heterocycles. The Hall–Kier alpha value is -3.98. The number of amides is 3. The van der Waals surface area contributed by atoms with Gasteiger partial charge in [0, 0.05) is 48.6 Å². The molecule has 4 N–H and O–H groups in total. The van der Waals surface area contributed by atoms with Gasteiger partial charge >= 0.3 is 6.03 Å². The number of nitrogens with one attached hydrogen (secondary N) is 4. The average Bonchev–Trinajstić information content (AvgIpc) is 3.64. The molecule has 2 heterocycles. The van der Waals surface area contributed by atoms with Crippen LogP contribution in [-0.4, -0.2) is 70.4 Å². The van der Waals surface area contributed by atoms with E-state index in [1.165, 1.54) is 25.7 Å². The predicted molar refractivity (Wildman–Crippen MR) is 179 cm³/mol. The van der Waals surface area contributed by atoms with E-state index in [2.05, 4.69) is 15.5 Å². The number of rotatable bonds is 11. The Morgan fingerprint density at radius 2 is 1.69 bits per heavy atom. The van der Waals surface area contributed by atoms with Gasteiger partial charge in [0.25, 0.3) is 5.91 Å². The first-order chi connectivity index (χ1) is 21.5. The number of piperidine rings is 1. The SMILES string of the molecule is CC(C)C(=N)/C=C\C(=N)c1ccc(Oc2cc(C(=O)NC3CCN(C4CCCC4)CC3)ccc2CN2CC(C)(C)NC2=O)cc1. The van der Waals surface area contributed by atoms with Gasteiger partial charge in [0.1, 0.15) is 11.5 Å². The summed E-state index contributed by atoms with van der Waals surface area (Å²) in [6, 6.07) is 13.4. The van der Waals surface area contributed by atoms with Crippen LogP contribution < -0.4 is 15.4 Å². The Morgan fingerprint density at radius 3 is 2.31 bits per heavy atom. The maximum Gasteiger partial charge on any atom is 0.318 e. The molecule has 2 saturated heterocycles. The number of hydrogen-bond donors (Lipinski definition) is 4. The van der Waals surface area contributed by atoms with Crippen LogP contribution in [0.2, 0.25) is 0 Å². The zero-order valence-corrected chi connectivity index (χ0v) is 27.1. The number of hydrogen-bond acceptors (Lipinski definition) is 6. The number of likely N-dealkylation sites (tertiary alicyclic amines) is 1. The van der Waals surface area contributed by atoms with Crippen molar-refractivity contribution in [1.82, 2.24) is 20.4 Å². The maximum absolute atomic E-state index is 13.4. The molecule has 0 atom stereocenters. The fraction of sp³-hybridized carbons (Fsp3) is 0.500. The molecule has 3 fully saturated rings. The Balaban J connectivity index is 1.30. The first-order valence-corrected chi connectivity index (χ1v) is 16.4. The lowest BCUT2D eigenvalue weighted by molar-refractivity contribution is 0.0892. The van der Waals surface area contributed by atoms with Gasteiger partial charge in [-0.25, -0.2) is 4.79 Å². The molecule has 9 heteroatoms. The minimum absolute atomic E-state index is 0.101. The van der Waals surface area contributed by atoms with Crippen molar-refractivity contribution < 1.29 is 14.3 Å². The summed E-state index contributed by atoms with van der Waals surface area (Å²) >= 11 is 0. The summed E-state index contributed by atoms with van der Waals surface area (Å²) in [5.74, 6) is 1.07. The van der Waals surface area contributed by atoms with Crippen molar-refractivity contribution in [1.29, 1.82) is 10.8 Å². The number of urea groups is 1. The number of carbonyl (C=O) groups is 2. The lowest BCUT2D eigenvalue weighted by atomic mass is 10.0. The Morgan fingerprint density at radius 1 is 1.02 bits per heavy atom.